The molecule has 132 valence electrons. The van der Waals surface area contributed by atoms with E-state index < -0.39 is 0 Å². The minimum atomic E-state index is -0.136. The van der Waals surface area contributed by atoms with Crippen molar-refractivity contribution in [2.45, 2.75) is 57.9 Å². The molecule has 1 atom stereocenters. The molecule has 1 amide bonds. The topological polar surface area (TPSA) is 78.1 Å². The fourth-order valence-electron chi connectivity index (χ4n) is 4.05. The SMILES string of the molecule is Cc1nc(CCNC(=O)[C@@H]2CCCN(C3CCCC3)C2)cc(=O)[nH]1. The van der Waals surface area contributed by atoms with Gasteiger partial charge in [0.2, 0.25) is 5.91 Å². The molecule has 0 aromatic carbocycles. The molecule has 0 unspecified atom stereocenters. The van der Waals surface area contributed by atoms with Gasteiger partial charge >= 0.3 is 0 Å². The van der Waals surface area contributed by atoms with Crippen molar-refractivity contribution in [1.29, 1.82) is 0 Å². The Balaban J connectivity index is 1.46. The minimum absolute atomic E-state index is 0.105. The number of aryl methyl sites for hydroxylation is 1. The largest absolute Gasteiger partial charge is 0.355 e. The van der Waals surface area contributed by atoms with E-state index in [1.165, 1.54) is 31.7 Å². The van der Waals surface area contributed by atoms with Crippen LogP contribution >= 0.6 is 0 Å². The van der Waals surface area contributed by atoms with E-state index in [1.54, 1.807) is 6.92 Å². The maximum absolute atomic E-state index is 12.5. The van der Waals surface area contributed by atoms with Crippen LogP contribution in [0.2, 0.25) is 0 Å². The Morgan fingerprint density at radius 3 is 2.88 bits per heavy atom. The van der Waals surface area contributed by atoms with Crippen LogP contribution in [0.4, 0.5) is 0 Å². The number of carbonyl (C=O) groups excluding carboxylic acids is 1. The molecule has 3 rings (SSSR count). The van der Waals surface area contributed by atoms with E-state index in [2.05, 4.69) is 20.2 Å². The van der Waals surface area contributed by atoms with Crippen molar-refractivity contribution in [3.8, 4) is 0 Å². The van der Waals surface area contributed by atoms with Gasteiger partial charge in [0.15, 0.2) is 0 Å². The van der Waals surface area contributed by atoms with Gasteiger partial charge in [-0.1, -0.05) is 12.8 Å². The van der Waals surface area contributed by atoms with Crippen molar-refractivity contribution >= 4 is 5.91 Å². The Hall–Kier alpha value is -1.69. The van der Waals surface area contributed by atoms with Crippen LogP contribution in [0.1, 0.15) is 50.0 Å². The number of carbonyl (C=O) groups is 1. The zero-order chi connectivity index (χ0) is 16.9. The number of H-pyrrole nitrogens is 1. The number of nitrogens with one attached hydrogen (secondary N) is 2. The van der Waals surface area contributed by atoms with Gasteiger partial charge in [0.1, 0.15) is 5.82 Å². The number of aromatic amines is 1. The van der Waals surface area contributed by atoms with Gasteiger partial charge in [-0.3, -0.25) is 14.5 Å². The van der Waals surface area contributed by atoms with Crippen LogP contribution in [0.25, 0.3) is 0 Å². The summed E-state index contributed by atoms with van der Waals surface area (Å²) < 4.78 is 0. The normalized spacial score (nSPS) is 22.6. The lowest BCUT2D eigenvalue weighted by molar-refractivity contribution is -0.127. The highest BCUT2D eigenvalue weighted by Crippen LogP contribution is 2.27. The van der Waals surface area contributed by atoms with Gasteiger partial charge in [0, 0.05) is 37.3 Å². The monoisotopic (exact) mass is 332 g/mol. The second kappa shape index (κ2) is 7.92. The van der Waals surface area contributed by atoms with E-state index in [0.717, 1.165) is 31.6 Å². The Morgan fingerprint density at radius 1 is 1.33 bits per heavy atom. The third kappa shape index (κ3) is 4.44. The van der Waals surface area contributed by atoms with Gasteiger partial charge in [-0.2, -0.15) is 0 Å². The molecule has 0 spiro atoms. The van der Waals surface area contributed by atoms with Crippen LogP contribution in [0, 0.1) is 12.8 Å². The smallest absolute Gasteiger partial charge is 0.251 e. The number of hydrogen-bond donors (Lipinski definition) is 2. The number of rotatable bonds is 5. The van der Waals surface area contributed by atoms with E-state index in [-0.39, 0.29) is 17.4 Å². The standard InChI is InChI=1S/C18H28N4O2/c1-13-20-15(11-17(23)21-13)8-9-19-18(24)14-5-4-10-22(12-14)16-6-2-3-7-16/h11,14,16H,2-10,12H2,1H3,(H,19,24)(H,20,21,23)/t14-/m1/s1. The lowest BCUT2D eigenvalue weighted by Gasteiger charge is -2.36. The molecular weight excluding hydrogens is 304 g/mol. The third-order valence-electron chi connectivity index (χ3n) is 5.26. The van der Waals surface area contributed by atoms with E-state index in [0.29, 0.717) is 24.8 Å². The Kier molecular flexibility index (Phi) is 5.66. The van der Waals surface area contributed by atoms with Crippen molar-refractivity contribution in [2.24, 2.45) is 5.92 Å². The summed E-state index contributed by atoms with van der Waals surface area (Å²) in [5.41, 5.74) is 0.594. The molecule has 2 aliphatic rings. The highest BCUT2D eigenvalue weighted by atomic mass is 16.2. The molecule has 1 aliphatic carbocycles. The van der Waals surface area contributed by atoms with Gasteiger partial charge in [-0.15, -0.1) is 0 Å². The summed E-state index contributed by atoms with van der Waals surface area (Å²) in [6.07, 6.45) is 7.95. The zero-order valence-corrected chi connectivity index (χ0v) is 14.5. The molecule has 6 nitrogen and oxygen atoms in total. The number of nitrogens with zero attached hydrogens (tertiary/aromatic N) is 2. The Bertz CT molecular complexity index is 622. The molecular formula is C18H28N4O2. The van der Waals surface area contributed by atoms with Gasteiger partial charge < -0.3 is 10.3 Å². The van der Waals surface area contributed by atoms with Gasteiger partial charge in [0.05, 0.1) is 5.92 Å². The molecule has 2 fully saturated rings. The van der Waals surface area contributed by atoms with E-state index in [1.807, 2.05) is 0 Å². The highest BCUT2D eigenvalue weighted by Gasteiger charge is 2.30. The zero-order valence-electron chi connectivity index (χ0n) is 14.5. The van der Waals surface area contributed by atoms with Crippen LogP contribution in [0.3, 0.4) is 0 Å². The maximum Gasteiger partial charge on any atom is 0.251 e. The first kappa shape index (κ1) is 17.1. The van der Waals surface area contributed by atoms with E-state index in [9.17, 15) is 9.59 Å². The van der Waals surface area contributed by atoms with Gasteiger partial charge in [-0.05, 0) is 39.2 Å². The summed E-state index contributed by atoms with van der Waals surface area (Å²) in [7, 11) is 0. The fourth-order valence-corrected chi connectivity index (χ4v) is 4.05. The van der Waals surface area contributed by atoms with Crippen molar-refractivity contribution in [2.75, 3.05) is 19.6 Å². The number of likely N-dealkylation sites (tertiary alicyclic amines) is 1. The number of amides is 1. The van der Waals surface area contributed by atoms with Crippen LogP contribution < -0.4 is 10.9 Å². The molecule has 6 heteroatoms. The predicted octanol–water partition coefficient (Wildman–Crippen LogP) is 1.39. The number of piperidine rings is 1. The summed E-state index contributed by atoms with van der Waals surface area (Å²) >= 11 is 0. The summed E-state index contributed by atoms with van der Waals surface area (Å²) in [4.78, 5) is 33.3. The lowest BCUT2D eigenvalue weighted by atomic mass is 9.95. The van der Waals surface area contributed by atoms with Crippen LogP contribution in [-0.4, -0.2) is 46.5 Å². The predicted molar refractivity (Wildman–Crippen MR) is 92.9 cm³/mol. The van der Waals surface area contributed by atoms with E-state index >= 15 is 0 Å². The highest BCUT2D eigenvalue weighted by molar-refractivity contribution is 5.78. The molecule has 1 aromatic rings. The summed E-state index contributed by atoms with van der Waals surface area (Å²) in [5, 5.41) is 3.03. The number of hydrogen-bond acceptors (Lipinski definition) is 4. The molecule has 0 radical (unpaired) electrons. The lowest BCUT2D eigenvalue weighted by Crippen LogP contribution is -2.46. The van der Waals surface area contributed by atoms with Crippen LogP contribution in [0.15, 0.2) is 10.9 Å². The molecule has 24 heavy (non-hydrogen) atoms. The molecule has 1 aliphatic heterocycles. The minimum Gasteiger partial charge on any atom is -0.355 e. The van der Waals surface area contributed by atoms with Crippen molar-refractivity contribution in [3.05, 3.63) is 27.9 Å². The summed E-state index contributed by atoms with van der Waals surface area (Å²) in [5.74, 6) is 0.871. The third-order valence-corrected chi connectivity index (χ3v) is 5.26. The molecule has 1 saturated carbocycles. The fraction of sp³-hybridized carbons (Fsp3) is 0.722. The molecule has 1 saturated heterocycles. The second-order valence-corrected chi connectivity index (χ2v) is 7.14. The summed E-state index contributed by atoms with van der Waals surface area (Å²) in [6.45, 7) is 4.35. The first-order valence-corrected chi connectivity index (χ1v) is 9.20. The number of aromatic nitrogens is 2. The second-order valence-electron chi connectivity index (χ2n) is 7.14. The first-order chi connectivity index (χ1) is 11.6. The average Bonchev–Trinajstić information content (AvgIpc) is 3.08. The van der Waals surface area contributed by atoms with Crippen molar-refractivity contribution in [1.82, 2.24) is 20.2 Å². The molecule has 2 heterocycles. The van der Waals surface area contributed by atoms with Crippen LogP contribution in [-0.2, 0) is 11.2 Å². The van der Waals surface area contributed by atoms with Crippen LogP contribution in [0.5, 0.6) is 0 Å². The molecule has 0 bridgehead atoms. The van der Waals surface area contributed by atoms with Crippen molar-refractivity contribution in [3.63, 3.8) is 0 Å². The Morgan fingerprint density at radius 2 is 2.12 bits per heavy atom. The van der Waals surface area contributed by atoms with Gasteiger partial charge in [-0.25, -0.2) is 4.98 Å². The molecule has 1 aromatic heterocycles. The van der Waals surface area contributed by atoms with E-state index in [4.69, 9.17) is 0 Å². The maximum atomic E-state index is 12.5. The van der Waals surface area contributed by atoms with Gasteiger partial charge in [0.25, 0.3) is 5.56 Å². The quantitative estimate of drug-likeness (QED) is 0.854. The first-order valence-electron chi connectivity index (χ1n) is 9.20. The Labute approximate surface area is 143 Å². The molecule has 2 N–H and O–H groups in total. The summed E-state index contributed by atoms with van der Waals surface area (Å²) in [6, 6.07) is 2.20. The van der Waals surface area contributed by atoms with Crippen molar-refractivity contribution < 1.29 is 4.79 Å². The average molecular weight is 332 g/mol.